The second-order valence-electron chi connectivity index (χ2n) is 5.33. The Bertz CT molecular complexity index is 416. The monoisotopic (exact) mass is 278 g/mol. The molecule has 0 saturated carbocycles. The van der Waals surface area contributed by atoms with Gasteiger partial charge >= 0.3 is 0 Å². The van der Waals surface area contributed by atoms with Crippen LogP contribution in [0.1, 0.15) is 32.5 Å². The lowest BCUT2D eigenvalue weighted by atomic mass is 9.97. The van der Waals surface area contributed by atoms with Gasteiger partial charge in [-0.1, -0.05) is 6.92 Å². The highest BCUT2D eigenvalue weighted by Crippen LogP contribution is 2.19. The summed E-state index contributed by atoms with van der Waals surface area (Å²) in [5.74, 6) is 3.02. The lowest BCUT2D eigenvalue weighted by Gasteiger charge is -2.31. The van der Waals surface area contributed by atoms with E-state index in [9.17, 15) is 0 Å². The molecule has 0 bridgehead atoms. The smallest absolute Gasteiger partial charge is 0.218 e. The van der Waals surface area contributed by atoms with Gasteiger partial charge in [-0.25, -0.2) is 4.98 Å². The Balaban J connectivity index is 1.84. The van der Waals surface area contributed by atoms with Gasteiger partial charge in [0.1, 0.15) is 11.6 Å². The number of nitrogens with one attached hydrogen (secondary N) is 1. The molecule has 2 heterocycles. The van der Waals surface area contributed by atoms with Crippen molar-refractivity contribution in [2.45, 2.75) is 33.6 Å². The number of hydrogen-bond acceptors (Lipinski definition) is 5. The molecule has 1 N–H and O–H groups in total. The Morgan fingerprint density at radius 1 is 1.30 bits per heavy atom. The first-order chi connectivity index (χ1) is 9.71. The van der Waals surface area contributed by atoms with Crippen LogP contribution in [0.5, 0.6) is 5.88 Å². The van der Waals surface area contributed by atoms with Gasteiger partial charge in [-0.05, 0) is 52.2 Å². The molecule has 112 valence electrons. The summed E-state index contributed by atoms with van der Waals surface area (Å²) in [6, 6.07) is 1.89. The maximum atomic E-state index is 5.45. The van der Waals surface area contributed by atoms with Gasteiger partial charge in [0, 0.05) is 12.6 Å². The molecule has 5 nitrogen and oxygen atoms in total. The van der Waals surface area contributed by atoms with Crippen LogP contribution >= 0.6 is 0 Å². The van der Waals surface area contributed by atoms with Gasteiger partial charge in [0.2, 0.25) is 5.88 Å². The number of anilines is 1. The fourth-order valence-electron chi connectivity index (χ4n) is 2.61. The van der Waals surface area contributed by atoms with Crippen molar-refractivity contribution >= 4 is 5.82 Å². The molecule has 0 radical (unpaired) electrons. The Kier molecular flexibility index (Phi) is 5.59. The van der Waals surface area contributed by atoms with E-state index in [2.05, 4.69) is 27.1 Å². The molecule has 20 heavy (non-hydrogen) atoms. The van der Waals surface area contributed by atoms with Crippen LogP contribution in [0.2, 0.25) is 0 Å². The summed E-state index contributed by atoms with van der Waals surface area (Å²) in [7, 11) is 0. The SMILES string of the molecule is CCOc1cc(NCC2CCN(CC)CC2)nc(C)n1. The number of hydrogen-bond donors (Lipinski definition) is 1. The normalized spacial score (nSPS) is 17.1. The molecule has 5 heteroatoms. The van der Waals surface area contributed by atoms with E-state index in [0.717, 1.165) is 24.1 Å². The van der Waals surface area contributed by atoms with Gasteiger partial charge in [0.05, 0.1) is 6.61 Å². The lowest BCUT2D eigenvalue weighted by molar-refractivity contribution is 0.198. The first-order valence-corrected chi connectivity index (χ1v) is 7.66. The fraction of sp³-hybridized carbons (Fsp3) is 0.733. The average Bonchev–Trinajstić information content (AvgIpc) is 2.45. The molecular weight excluding hydrogens is 252 g/mol. The summed E-state index contributed by atoms with van der Waals surface area (Å²) < 4.78 is 5.45. The van der Waals surface area contributed by atoms with Crippen LogP contribution in [-0.4, -0.2) is 47.7 Å². The maximum absolute atomic E-state index is 5.45. The van der Waals surface area contributed by atoms with Crippen LogP contribution < -0.4 is 10.1 Å². The molecular formula is C15H26N4O. The third kappa shape index (κ3) is 4.34. The van der Waals surface area contributed by atoms with Crippen LogP contribution in [0, 0.1) is 12.8 Å². The van der Waals surface area contributed by atoms with Crippen molar-refractivity contribution in [3.8, 4) is 5.88 Å². The van der Waals surface area contributed by atoms with Crippen molar-refractivity contribution in [3.05, 3.63) is 11.9 Å². The predicted molar refractivity (Wildman–Crippen MR) is 81.3 cm³/mol. The predicted octanol–water partition coefficient (Wildman–Crippen LogP) is 2.33. The first kappa shape index (κ1) is 15.0. The number of rotatable bonds is 6. The molecule has 1 saturated heterocycles. The quantitative estimate of drug-likeness (QED) is 0.865. The topological polar surface area (TPSA) is 50.3 Å². The molecule has 0 atom stereocenters. The number of likely N-dealkylation sites (tertiary alicyclic amines) is 1. The fourth-order valence-corrected chi connectivity index (χ4v) is 2.61. The van der Waals surface area contributed by atoms with Gasteiger partial charge in [0.25, 0.3) is 0 Å². The summed E-state index contributed by atoms with van der Waals surface area (Å²) in [5, 5.41) is 3.44. The molecule has 0 aromatic carbocycles. The van der Waals surface area contributed by atoms with Crippen molar-refractivity contribution in [3.63, 3.8) is 0 Å². The molecule has 0 amide bonds. The third-order valence-electron chi connectivity index (χ3n) is 3.83. The van der Waals surface area contributed by atoms with E-state index in [1.807, 2.05) is 19.9 Å². The van der Waals surface area contributed by atoms with Crippen LogP contribution in [0.25, 0.3) is 0 Å². The first-order valence-electron chi connectivity index (χ1n) is 7.66. The number of nitrogens with zero attached hydrogens (tertiary/aromatic N) is 3. The van der Waals surface area contributed by atoms with Crippen LogP contribution in [0.15, 0.2) is 6.07 Å². The van der Waals surface area contributed by atoms with Crippen LogP contribution in [0.3, 0.4) is 0 Å². The van der Waals surface area contributed by atoms with Crippen molar-refractivity contribution in [1.29, 1.82) is 0 Å². The highest BCUT2D eigenvalue weighted by atomic mass is 16.5. The maximum Gasteiger partial charge on any atom is 0.218 e. The molecule has 0 unspecified atom stereocenters. The largest absolute Gasteiger partial charge is 0.478 e. The lowest BCUT2D eigenvalue weighted by Crippen LogP contribution is -2.35. The molecule has 2 rings (SSSR count). The second-order valence-corrected chi connectivity index (χ2v) is 5.33. The number of aromatic nitrogens is 2. The van der Waals surface area contributed by atoms with Crippen molar-refractivity contribution in [2.24, 2.45) is 5.92 Å². The average molecular weight is 278 g/mol. The zero-order valence-corrected chi connectivity index (χ0v) is 12.9. The van der Waals surface area contributed by atoms with E-state index in [1.165, 1.54) is 32.5 Å². The van der Waals surface area contributed by atoms with E-state index in [0.29, 0.717) is 12.5 Å². The minimum absolute atomic E-state index is 0.630. The van der Waals surface area contributed by atoms with E-state index in [4.69, 9.17) is 4.74 Å². The Hall–Kier alpha value is -1.36. The van der Waals surface area contributed by atoms with E-state index < -0.39 is 0 Å². The second kappa shape index (κ2) is 7.43. The standard InChI is InChI=1S/C15H26N4O/c1-4-19-8-6-13(7-9-19)11-16-14-10-15(20-5-2)18-12(3)17-14/h10,13H,4-9,11H2,1-3H3,(H,16,17,18). The van der Waals surface area contributed by atoms with Gasteiger partial charge < -0.3 is 15.0 Å². The van der Waals surface area contributed by atoms with Gasteiger partial charge in [0.15, 0.2) is 0 Å². The van der Waals surface area contributed by atoms with Crippen LogP contribution in [-0.2, 0) is 0 Å². The third-order valence-corrected chi connectivity index (χ3v) is 3.83. The zero-order valence-electron chi connectivity index (χ0n) is 12.9. The summed E-state index contributed by atoms with van der Waals surface area (Å²) in [6.45, 7) is 11.3. The van der Waals surface area contributed by atoms with Crippen molar-refractivity contribution < 1.29 is 4.74 Å². The molecule has 1 aromatic heterocycles. The Morgan fingerprint density at radius 3 is 2.70 bits per heavy atom. The number of aryl methyl sites for hydroxylation is 1. The number of piperidine rings is 1. The highest BCUT2D eigenvalue weighted by molar-refractivity contribution is 5.38. The van der Waals surface area contributed by atoms with Gasteiger partial charge in [-0.15, -0.1) is 0 Å². The summed E-state index contributed by atoms with van der Waals surface area (Å²) in [5.41, 5.74) is 0. The van der Waals surface area contributed by atoms with Gasteiger partial charge in [-0.3, -0.25) is 0 Å². The minimum Gasteiger partial charge on any atom is -0.478 e. The Labute approximate surface area is 121 Å². The number of ether oxygens (including phenoxy) is 1. The molecule has 1 fully saturated rings. The minimum atomic E-state index is 0.630. The molecule has 1 aromatic rings. The van der Waals surface area contributed by atoms with Crippen LogP contribution in [0.4, 0.5) is 5.82 Å². The van der Waals surface area contributed by atoms with E-state index in [-0.39, 0.29) is 0 Å². The summed E-state index contributed by atoms with van der Waals surface area (Å²) in [6.07, 6.45) is 2.53. The summed E-state index contributed by atoms with van der Waals surface area (Å²) in [4.78, 5) is 11.2. The molecule has 0 aliphatic carbocycles. The van der Waals surface area contributed by atoms with E-state index >= 15 is 0 Å². The summed E-state index contributed by atoms with van der Waals surface area (Å²) >= 11 is 0. The van der Waals surface area contributed by atoms with Crippen molar-refractivity contribution in [2.75, 3.05) is 38.1 Å². The molecule has 1 aliphatic heterocycles. The molecule has 0 spiro atoms. The van der Waals surface area contributed by atoms with Crippen molar-refractivity contribution in [1.82, 2.24) is 14.9 Å². The van der Waals surface area contributed by atoms with E-state index in [1.54, 1.807) is 0 Å². The van der Waals surface area contributed by atoms with Gasteiger partial charge in [-0.2, -0.15) is 4.98 Å². The molecule has 1 aliphatic rings. The highest BCUT2D eigenvalue weighted by Gasteiger charge is 2.17. The Morgan fingerprint density at radius 2 is 2.05 bits per heavy atom. The zero-order chi connectivity index (χ0) is 14.4.